The van der Waals surface area contributed by atoms with Crippen LogP contribution in [0.3, 0.4) is 0 Å². The van der Waals surface area contributed by atoms with E-state index in [9.17, 15) is 0 Å². The molecule has 3 rings (SSSR count). The number of thiocarbonyl (C=S) groups is 1. The summed E-state index contributed by atoms with van der Waals surface area (Å²) >= 11 is 5.30. The first kappa shape index (κ1) is 9.93. The van der Waals surface area contributed by atoms with E-state index in [0.29, 0.717) is 4.99 Å². The molecule has 0 radical (unpaired) electrons. The van der Waals surface area contributed by atoms with E-state index in [1.807, 2.05) is 12.2 Å². The number of morpholine rings is 1. The van der Waals surface area contributed by atoms with Gasteiger partial charge in [-0.2, -0.15) is 0 Å². The fraction of sp³-hybridized carbons (Fsp3) is 0.333. The Labute approximate surface area is 99.8 Å². The summed E-state index contributed by atoms with van der Waals surface area (Å²) < 4.78 is 5.33. The number of rotatable bonds is 0. The standard InChI is InChI=1S/C12H12N2OS/c16-12-10-3-1-2-9(10)8-11(13-12)14-4-6-15-7-5-14/h1-3,8H,4-7H2. The third kappa shape index (κ3) is 1.64. The number of fused-ring (bicyclic) bond motifs is 1. The summed E-state index contributed by atoms with van der Waals surface area (Å²) in [5, 5.41) is 0. The molecule has 3 aliphatic rings. The number of hydrogen-bond donors (Lipinski definition) is 0. The van der Waals surface area contributed by atoms with Gasteiger partial charge in [0, 0.05) is 18.7 Å². The van der Waals surface area contributed by atoms with Crippen molar-refractivity contribution in [1.82, 2.24) is 4.90 Å². The van der Waals surface area contributed by atoms with Crippen LogP contribution < -0.4 is 0 Å². The number of nitrogens with zero attached hydrogens (tertiary/aromatic N) is 2. The van der Waals surface area contributed by atoms with Gasteiger partial charge in [0.1, 0.15) is 10.8 Å². The van der Waals surface area contributed by atoms with E-state index < -0.39 is 0 Å². The van der Waals surface area contributed by atoms with Crippen molar-refractivity contribution in [2.75, 3.05) is 26.3 Å². The van der Waals surface area contributed by atoms with Crippen molar-refractivity contribution in [3.8, 4) is 0 Å². The smallest absolute Gasteiger partial charge is 0.136 e. The number of hydrogen-bond acceptors (Lipinski definition) is 3. The van der Waals surface area contributed by atoms with Crippen molar-refractivity contribution < 1.29 is 4.74 Å². The minimum Gasteiger partial charge on any atom is -0.378 e. The lowest BCUT2D eigenvalue weighted by atomic mass is 10.1. The molecule has 16 heavy (non-hydrogen) atoms. The summed E-state index contributed by atoms with van der Waals surface area (Å²) in [5.41, 5.74) is 2.26. The van der Waals surface area contributed by atoms with Crippen molar-refractivity contribution in [2.45, 2.75) is 0 Å². The maximum Gasteiger partial charge on any atom is 0.136 e. The SMILES string of the molecule is S=C1N=C(N2CCOCC2)C=C2C=CC=C12. The first-order chi connectivity index (χ1) is 7.84. The molecule has 4 heteroatoms. The average Bonchev–Trinajstić information content (AvgIpc) is 2.79. The van der Waals surface area contributed by atoms with E-state index in [0.717, 1.165) is 37.7 Å². The van der Waals surface area contributed by atoms with Gasteiger partial charge in [-0.3, -0.25) is 0 Å². The molecular formula is C12H12N2OS. The predicted molar refractivity (Wildman–Crippen MR) is 67.7 cm³/mol. The van der Waals surface area contributed by atoms with Gasteiger partial charge in [-0.25, -0.2) is 4.99 Å². The summed E-state index contributed by atoms with van der Waals surface area (Å²) in [7, 11) is 0. The van der Waals surface area contributed by atoms with Crippen molar-refractivity contribution in [1.29, 1.82) is 0 Å². The first-order valence-corrected chi connectivity index (χ1v) is 5.81. The topological polar surface area (TPSA) is 24.8 Å². The van der Waals surface area contributed by atoms with Crippen LogP contribution in [0.4, 0.5) is 0 Å². The molecule has 82 valence electrons. The van der Waals surface area contributed by atoms with Gasteiger partial charge in [0.05, 0.1) is 13.2 Å². The number of allylic oxidation sites excluding steroid dienone is 3. The van der Waals surface area contributed by atoms with Gasteiger partial charge >= 0.3 is 0 Å². The summed E-state index contributed by atoms with van der Waals surface area (Å²) in [6.07, 6.45) is 8.23. The van der Waals surface area contributed by atoms with Crippen molar-refractivity contribution in [3.05, 3.63) is 35.5 Å². The number of amidine groups is 1. The third-order valence-electron chi connectivity index (χ3n) is 2.92. The van der Waals surface area contributed by atoms with Crippen LogP contribution in [0.25, 0.3) is 0 Å². The van der Waals surface area contributed by atoms with Gasteiger partial charge in [0.15, 0.2) is 0 Å². The molecule has 2 aliphatic heterocycles. The molecule has 0 N–H and O–H groups in total. The summed E-state index contributed by atoms with van der Waals surface area (Å²) in [5.74, 6) is 0.979. The largest absolute Gasteiger partial charge is 0.378 e. The van der Waals surface area contributed by atoms with E-state index in [1.54, 1.807) is 0 Å². The second-order valence-corrected chi connectivity index (χ2v) is 4.30. The van der Waals surface area contributed by atoms with Crippen molar-refractivity contribution >= 4 is 23.0 Å². The zero-order valence-corrected chi connectivity index (χ0v) is 9.67. The van der Waals surface area contributed by atoms with Gasteiger partial charge in [0.2, 0.25) is 0 Å². The second kappa shape index (κ2) is 3.96. The van der Waals surface area contributed by atoms with Crippen LogP contribution in [0.15, 0.2) is 40.4 Å². The van der Waals surface area contributed by atoms with E-state index in [2.05, 4.69) is 22.0 Å². The lowest BCUT2D eigenvalue weighted by Gasteiger charge is -2.30. The minimum absolute atomic E-state index is 0.698. The molecule has 0 unspecified atom stereocenters. The minimum atomic E-state index is 0.698. The van der Waals surface area contributed by atoms with Gasteiger partial charge in [0.25, 0.3) is 0 Å². The highest BCUT2D eigenvalue weighted by atomic mass is 32.1. The Morgan fingerprint density at radius 2 is 2.12 bits per heavy atom. The Kier molecular flexibility index (Phi) is 2.46. The molecule has 1 aliphatic carbocycles. The lowest BCUT2D eigenvalue weighted by molar-refractivity contribution is 0.0685. The Bertz CT molecular complexity index is 454. The monoisotopic (exact) mass is 232 g/mol. The van der Waals surface area contributed by atoms with E-state index in [1.165, 1.54) is 5.57 Å². The molecule has 1 fully saturated rings. The first-order valence-electron chi connectivity index (χ1n) is 5.41. The van der Waals surface area contributed by atoms with Crippen LogP contribution in [0, 0.1) is 0 Å². The van der Waals surface area contributed by atoms with Gasteiger partial charge in [-0.1, -0.05) is 30.4 Å². The van der Waals surface area contributed by atoms with Crippen LogP contribution in [0.2, 0.25) is 0 Å². The van der Waals surface area contributed by atoms with E-state index in [4.69, 9.17) is 17.0 Å². The van der Waals surface area contributed by atoms with Gasteiger partial charge in [-0.05, 0) is 11.6 Å². The highest BCUT2D eigenvalue weighted by molar-refractivity contribution is 7.80. The third-order valence-corrected chi connectivity index (χ3v) is 3.23. The summed E-state index contributed by atoms with van der Waals surface area (Å²) in [6.45, 7) is 3.34. The molecule has 0 aromatic heterocycles. The Balaban J connectivity index is 1.89. The fourth-order valence-electron chi connectivity index (χ4n) is 2.04. The highest BCUT2D eigenvalue weighted by Crippen LogP contribution is 2.25. The molecule has 0 aromatic rings. The highest BCUT2D eigenvalue weighted by Gasteiger charge is 2.21. The molecule has 3 nitrogen and oxygen atoms in total. The quantitative estimate of drug-likeness (QED) is 0.591. The maximum atomic E-state index is 5.33. The maximum absolute atomic E-state index is 5.33. The van der Waals surface area contributed by atoms with Gasteiger partial charge < -0.3 is 9.64 Å². The summed E-state index contributed by atoms with van der Waals surface area (Å²) in [6, 6.07) is 0. The number of ether oxygens (including phenoxy) is 1. The van der Waals surface area contributed by atoms with Crippen molar-refractivity contribution in [3.63, 3.8) is 0 Å². The Morgan fingerprint density at radius 3 is 2.94 bits per heavy atom. The Hall–Kier alpha value is -1.26. The Morgan fingerprint density at radius 1 is 1.31 bits per heavy atom. The van der Waals surface area contributed by atoms with Crippen LogP contribution in [-0.2, 0) is 4.74 Å². The van der Waals surface area contributed by atoms with Crippen LogP contribution in [-0.4, -0.2) is 42.0 Å². The summed E-state index contributed by atoms with van der Waals surface area (Å²) in [4.78, 5) is 7.41. The fourth-order valence-corrected chi connectivity index (χ4v) is 2.32. The zero-order valence-electron chi connectivity index (χ0n) is 8.85. The van der Waals surface area contributed by atoms with Gasteiger partial charge in [-0.15, -0.1) is 0 Å². The molecule has 0 atom stereocenters. The molecule has 0 amide bonds. The molecule has 1 saturated heterocycles. The zero-order chi connectivity index (χ0) is 11.0. The number of dihydropyridines is 1. The second-order valence-electron chi connectivity index (χ2n) is 3.91. The predicted octanol–water partition coefficient (Wildman–Crippen LogP) is 1.48. The lowest BCUT2D eigenvalue weighted by Crippen LogP contribution is -2.41. The normalized spacial score (nSPS) is 23.9. The van der Waals surface area contributed by atoms with E-state index >= 15 is 0 Å². The average molecular weight is 232 g/mol. The molecular weight excluding hydrogens is 220 g/mol. The van der Waals surface area contributed by atoms with Crippen LogP contribution in [0.5, 0.6) is 0 Å². The van der Waals surface area contributed by atoms with Crippen molar-refractivity contribution in [2.24, 2.45) is 4.99 Å². The molecule has 0 saturated carbocycles. The number of aliphatic imine (C=N–C) groups is 1. The van der Waals surface area contributed by atoms with Crippen LogP contribution >= 0.6 is 12.2 Å². The van der Waals surface area contributed by atoms with Crippen LogP contribution in [0.1, 0.15) is 0 Å². The molecule has 0 bridgehead atoms. The van der Waals surface area contributed by atoms with E-state index in [-0.39, 0.29) is 0 Å². The molecule has 0 aromatic carbocycles. The molecule has 0 spiro atoms. The molecule has 2 heterocycles.